The zero-order valence-corrected chi connectivity index (χ0v) is 14.1. The first-order valence-corrected chi connectivity index (χ1v) is 9.04. The van der Waals surface area contributed by atoms with Crippen LogP contribution in [0.25, 0.3) is 0 Å². The minimum atomic E-state index is -2.28. The van der Waals surface area contributed by atoms with E-state index < -0.39 is 5.97 Å². The Kier molecular flexibility index (Phi) is 5.85. The van der Waals surface area contributed by atoms with E-state index in [4.69, 9.17) is 22.5 Å². The molecule has 98 valence electrons. The van der Waals surface area contributed by atoms with E-state index in [-0.39, 0.29) is 20.4 Å². The predicted octanol–water partition coefficient (Wildman–Crippen LogP) is 4.58. The molecule has 0 saturated heterocycles. The van der Waals surface area contributed by atoms with Gasteiger partial charge in [0.1, 0.15) is 33.1 Å². The monoisotopic (exact) mass is 389 g/mol. The molecule has 0 bridgehead atoms. The Morgan fingerprint density at radius 3 is 1.39 bits per heavy atom. The van der Waals surface area contributed by atoms with Crippen LogP contribution in [0.15, 0.2) is 48.5 Å². The minimum Gasteiger partial charge on any atom is -0.0617 e. The molecular formula is C14H14Cl2PPd+. The molecule has 0 saturated carbocycles. The van der Waals surface area contributed by atoms with E-state index in [2.05, 4.69) is 0 Å². The summed E-state index contributed by atoms with van der Waals surface area (Å²) in [6, 6.07) is 16.1. The molecule has 0 amide bonds. The molecule has 0 aliphatic heterocycles. The third-order valence-electron chi connectivity index (χ3n) is 2.84. The summed E-state index contributed by atoms with van der Waals surface area (Å²) >= 11 is 13.3. The second-order valence-electron chi connectivity index (χ2n) is 4.09. The van der Waals surface area contributed by atoms with Gasteiger partial charge in [0.15, 0.2) is 0 Å². The summed E-state index contributed by atoms with van der Waals surface area (Å²) in [6.45, 7) is 4.10. The molecule has 4 heteroatoms. The van der Waals surface area contributed by atoms with Gasteiger partial charge in [-0.1, -0.05) is 36.4 Å². The summed E-state index contributed by atoms with van der Waals surface area (Å²) in [5, 5.41) is 2.11. The number of hydrogen-bond donors (Lipinski definition) is 0. The van der Waals surface area contributed by atoms with Crippen molar-refractivity contribution in [2.45, 2.75) is 13.8 Å². The van der Waals surface area contributed by atoms with Gasteiger partial charge in [-0.05, 0) is 37.1 Å². The fourth-order valence-corrected chi connectivity index (χ4v) is 6.00. The number of aryl methyl sites for hydroxylation is 2. The largest absolute Gasteiger partial charge is 0.276 e. The first kappa shape index (κ1) is 16.2. The zero-order chi connectivity index (χ0) is 12.5. The fraction of sp³-hybridized carbons (Fsp3) is 0.143. The van der Waals surface area contributed by atoms with Gasteiger partial charge in [0, 0.05) is 20.4 Å². The maximum atomic E-state index is 6.67. The van der Waals surface area contributed by atoms with Crippen molar-refractivity contribution in [3.05, 3.63) is 59.7 Å². The van der Waals surface area contributed by atoms with Gasteiger partial charge in [0.05, 0.1) is 0 Å². The fourth-order valence-electron chi connectivity index (χ4n) is 1.89. The van der Waals surface area contributed by atoms with Gasteiger partial charge >= 0.3 is 0 Å². The van der Waals surface area contributed by atoms with Crippen LogP contribution in [-0.2, 0) is 20.4 Å². The van der Waals surface area contributed by atoms with Crippen molar-refractivity contribution in [3.8, 4) is 0 Å². The van der Waals surface area contributed by atoms with Gasteiger partial charge in [-0.25, -0.2) is 0 Å². The molecule has 0 unspecified atom stereocenters. The molecular weight excluding hydrogens is 376 g/mol. The van der Waals surface area contributed by atoms with E-state index in [1.54, 1.807) is 0 Å². The smallest absolute Gasteiger partial charge is 0.0617 e. The predicted molar refractivity (Wildman–Crippen MR) is 80.3 cm³/mol. The van der Waals surface area contributed by atoms with Crippen LogP contribution in [0.1, 0.15) is 11.1 Å². The van der Waals surface area contributed by atoms with Gasteiger partial charge in [0.2, 0.25) is 0 Å². The topological polar surface area (TPSA) is 0 Å². The van der Waals surface area contributed by atoms with Crippen molar-refractivity contribution < 1.29 is 20.4 Å². The summed E-state index contributed by atoms with van der Waals surface area (Å²) in [4.78, 5) is 0. The summed E-state index contributed by atoms with van der Waals surface area (Å²) in [5.74, 6) is -2.28. The second kappa shape index (κ2) is 6.52. The maximum absolute atomic E-state index is 6.67. The average Bonchev–Trinajstić information content (AvgIpc) is 2.29. The van der Waals surface area contributed by atoms with Gasteiger partial charge in [-0.15, -0.1) is 0 Å². The van der Waals surface area contributed by atoms with Crippen LogP contribution in [0.2, 0.25) is 0 Å². The van der Waals surface area contributed by atoms with Crippen LogP contribution in [0, 0.1) is 13.8 Å². The van der Waals surface area contributed by atoms with Crippen LogP contribution >= 0.6 is 28.4 Å². The molecule has 0 atom stereocenters. The average molecular weight is 391 g/mol. The Morgan fingerprint density at radius 1 is 0.722 bits per heavy atom. The Balaban J connectivity index is 0.00000162. The van der Waals surface area contributed by atoms with Crippen molar-refractivity contribution in [3.63, 3.8) is 0 Å². The standard InChI is InChI=1S/C14H14Cl2P.Pd/c1-11-7-3-5-9-13(11)17(15,16)14-10-6-4-8-12(14)2;/h3-10H,1-2H3;/q+1;. The number of hydrogen-bond acceptors (Lipinski definition) is 0. The molecule has 2 rings (SSSR count). The SMILES string of the molecule is Cc1ccccc1[P+](Cl)(Cl)c1ccccc1C.[Pd]. The Bertz CT molecular complexity index is 493. The number of halogens is 2. The van der Waals surface area contributed by atoms with E-state index in [9.17, 15) is 0 Å². The van der Waals surface area contributed by atoms with Crippen molar-refractivity contribution in [1.82, 2.24) is 0 Å². The van der Waals surface area contributed by atoms with Crippen LogP contribution in [-0.4, -0.2) is 0 Å². The molecule has 0 heterocycles. The molecule has 0 aromatic heterocycles. The van der Waals surface area contributed by atoms with E-state index in [1.165, 1.54) is 0 Å². The molecule has 0 aliphatic carbocycles. The Labute approximate surface area is 132 Å². The molecule has 2 aromatic carbocycles. The number of rotatable bonds is 2. The minimum absolute atomic E-state index is 0. The Hall–Kier alpha value is 0.112. The van der Waals surface area contributed by atoms with E-state index in [0.717, 1.165) is 21.7 Å². The van der Waals surface area contributed by atoms with Crippen molar-refractivity contribution in [2.24, 2.45) is 0 Å². The molecule has 0 nitrogen and oxygen atoms in total. The molecule has 18 heavy (non-hydrogen) atoms. The molecule has 2 aromatic rings. The summed E-state index contributed by atoms with van der Waals surface area (Å²) in [7, 11) is 0. The van der Waals surface area contributed by atoms with Gasteiger partial charge in [-0.3, -0.25) is 0 Å². The summed E-state index contributed by atoms with van der Waals surface area (Å²) in [5.41, 5.74) is 2.29. The van der Waals surface area contributed by atoms with Crippen LogP contribution < -0.4 is 10.6 Å². The number of benzene rings is 2. The van der Waals surface area contributed by atoms with Crippen LogP contribution in [0.3, 0.4) is 0 Å². The summed E-state index contributed by atoms with van der Waals surface area (Å²) in [6.07, 6.45) is 0. The van der Waals surface area contributed by atoms with Gasteiger partial charge in [0.25, 0.3) is 5.97 Å². The van der Waals surface area contributed by atoms with Crippen LogP contribution in [0.5, 0.6) is 0 Å². The molecule has 0 radical (unpaired) electrons. The van der Waals surface area contributed by atoms with Gasteiger partial charge < -0.3 is 0 Å². The van der Waals surface area contributed by atoms with Crippen molar-refractivity contribution in [2.75, 3.05) is 0 Å². The third kappa shape index (κ3) is 3.16. The van der Waals surface area contributed by atoms with Crippen molar-refractivity contribution >= 4 is 39.1 Å². The third-order valence-corrected chi connectivity index (χ3v) is 7.24. The molecule has 0 spiro atoms. The van der Waals surface area contributed by atoms with E-state index in [0.29, 0.717) is 0 Å². The zero-order valence-electron chi connectivity index (χ0n) is 10.1. The first-order chi connectivity index (χ1) is 8.03. The molecule has 0 aliphatic rings. The van der Waals surface area contributed by atoms with Crippen molar-refractivity contribution in [1.29, 1.82) is 0 Å². The van der Waals surface area contributed by atoms with Crippen LogP contribution in [0.4, 0.5) is 0 Å². The Morgan fingerprint density at radius 2 is 1.06 bits per heavy atom. The van der Waals surface area contributed by atoms with E-state index in [1.807, 2.05) is 62.4 Å². The second-order valence-corrected chi connectivity index (χ2v) is 9.64. The first-order valence-electron chi connectivity index (χ1n) is 5.44. The maximum Gasteiger partial charge on any atom is 0.276 e. The van der Waals surface area contributed by atoms with E-state index >= 15 is 0 Å². The molecule has 0 fully saturated rings. The summed E-state index contributed by atoms with van der Waals surface area (Å²) < 4.78 is 0. The quantitative estimate of drug-likeness (QED) is 0.520. The molecule has 0 N–H and O–H groups in total. The van der Waals surface area contributed by atoms with Gasteiger partial charge in [-0.2, -0.15) is 0 Å². The normalized spacial score (nSPS) is 10.9.